The second kappa shape index (κ2) is 9.53. The van der Waals surface area contributed by atoms with Gasteiger partial charge in [-0.15, -0.1) is 0 Å². The molecule has 0 N–H and O–H groups in total. The number of aromatic nitrogens is 1. The lowest BCUT2D eigenvalue weighted by molar-refractivity contribution is -0.135. The topological polar surface area (TPSA) is 68.7 Å². The Morgan fingerprint density at radius 1 is 1.07 bits per heavy atom. The molecule has 28 heavy (non-hydrogen) atoms. The second-order valence-electron chi connectivity index (χ2n) is 7.84. The van der Waals surface area contributed by atoms with Crippen LogP contribution in [-0.2, 0) is 9.53 Å². The van der Waals surface area contributed by atoms with Crippen molar-refractivity contribution in [2.24, 2.45) is 11.8 Å². The molecule has 0 bridgehead atoms. The Balaban J connectivity index is 2.13. The van der Waals surface area contributed by atoms with E-state index in [9.17, 15) is 9.59 Å². The molecule has 0 atom stereocenters. The molecule has 6 nitrogen and oxygen atoms in total. The van der Waals surface area contributed by atoms with Gasteiger partial charge in [-0.3, -0.25) is 9.78 Å². The van der Waals surface area contributed by atoms with E-state index in [0.29, 0.717) is 41.9 Å². The summed E-state index contributed by atoms with van der Waals surface area (Å²) in [6.07, 6.45) is 0. The van der Waals surface area contributed by atoms with Crippen LogP contribution in [0.5, 0.6) is 5.75 Å². The van der Waals surface area contributed by atoms with Crippen molar-refractivity contribution in [2.75, 3.05) is 26.8 Å². The third kappa shape index (κ3) is 5.68. The van der Waals surface area contributed by atoms with Gasteiger partial charge in [0.15, 0.2) is 6.61 Å². The first-order chi connectivity index (χ1) is 13.2. The quantitative estimate of drug-likeness (QED) is 0.645. The SMILES string of the molecule is COc1ccc2nc(C)c(C(=O)OCC(=O)N(CC(C)C)CC(C)C)cc2c1. The molecule has 0 aliphatic rings. The number of hydrogen-bond acceptors (Lipinski definition) is 5. The maximum Gasteiger partial charge on any atom is 0.340 e. The predicted octanol–water partition coefficient (Wildman–Crippen LogP) is 3.85. The summed E-state index contributed by atoms with van der Waals surface area (Å²) in [6, 6.07) is 7.21. The number of pyridine rings is 1. The van der Waals surface area contributed by atoms with Crippen LogP contribution in [0.1, 0.15) is 43.7 Å². The number of fused-ring (bicyclic) bond motifs is 1. The van der Waals surface area contributed by atoms with Crippen molar-refractivity contribution in [2.45, 2.75) is 34.6 Å². The van der Waals surface area contributed by atoms with Gasteiger partial charge in [0.05, 0.1) is 23.9 Å². The first kappa shape index (κ1) is 21.7. The predicted molar refractivity (Wildman–Crippen MR) is 110 cm³/mol. The van der Waals surface area contributed by atoms with Gasteiger partial charge in [0, 0.05) is 18.5 Å². The van der Waals surface area contributed by atoms with Gasteiger partial charge in [-0.1, -0.05) is 27.7 Å². The molecule has 0 fully saturated rings. The Morgan fingerprint density at radius 3 is 2.29 bits per heavy atom. The molecule has 1 amide bonds. The van der Waals surface area contributed by atoms with Crippen molar-refractivity contribution >= 4 is 22.8 Å². The Labute approximate surface area is 166 Å². The summed E-state index contributed by atoms with van der Waals surface area (Å²) in [4.78, 5) is 31.3. The number of nitrogens with zero attached hydrogens (tertiary/aromatic N) is 2. The first-order valence-corrected chi connectivity index (χ1v) is 9.61. The minimum Gasteiger partial charge on any atom is -0.497 e. The number of carbonyl (C=O) groups excluding carboxylic acids is 2. The van der Waals surface area contributed by atoms with Crippen LogP contribution in [0.25, 0.3) is 10.9 Å². The molecule has 0 aliphatic heterocycles. The van der Waals surface area contributed by atoms with E-state index in [2.05, 4.69) is 32.7 Å². The smallest absolute Gasteiger partial charge is 0.340 e. The summed E-state index contributed by atoms with van der Waals surface area (Å²) >= 11 is 0. The van der Waals surface area contributed by atoms with E-state index in [1.54, 1.807) is 25.0 Å². The number of hydrogen-bond donors (Lipinski definition) is 0. The van der Waals surface area contributed by atoms with E-state index in [4.69, 9.17) is 9.47 Å². The minimum atomic E-state index is -0.544. The summed E-state index contributed by atoms with van der Waals surface area (Å²) in [5, 5.41) is 0.782. The highest BCUT2D eigenvalue weighted by Crippen LogP contribution is 2.22. The van der Waals surface area contributed by atoms with Crippen molar-refractivity contribution in [3.63, 3.8) is 0 Å². The molecule has 0 unspecified atom stereocenters. The average molecular weight is 386 g/mol. The number of amides is 1. The first-order valence-electron chi connectivity index (χ1n) is 9.61. The fourth-order valence-corrected chi connectivity index (χ4v) is 3.04. The lowest BCUT2D eigenvalue weighted by atomic mass is 10.1. The molecule has 0 saturated heterocycles. The number of aryl methyl sites for hydroxylation is 1. The van der Waals surface area contributed by atoms with Gasteiger partial charge >= 0.3 is 5.97 Å². The number of benzene rings is 1. The normalized spacial score (nSPS) is 11.1. The summed E-state index contributed by atoms with van der Waals surface area (Å²) in [5.74, 6) is 0.659. The number of methoxy groups -OCH3 is 1. The Hall–Kier alpha value is -2.63. The summed E-state index contributed by atoms with van der Waals surface area (Å²) in [6.45, 7) is 11.0. The molecule has 1 aromatic carbocycles. The minimum absolute atomic E-state index is 0.177. The fraction of sp³-hybridized carbons (Fsp3) is 0.500. The van der Waals surface area contributed by atoms with Gasteiger partial charge in [0.2, 0.25) is 0 Å². The molecule has 0 radical (unpaired) electrons. The van der Waals surface area contributed by atoms with E-state index in [1.165, 1.54) is 0 Å². The second-order valence-corrected chi connectivity index (χ2v) is 7.84. The maximum atomic E-state index is 12.6. The van der Waals surface area contributed by atoms with Crippen molar-refractivity contribution < 1.29 is 19.1 Å². The van der Waals surface area contributed by atoms with Crippen molar-refractivity contribution in [3.05, 3.63) is 35.5 Å². The molecule has 152 valence electrons. The van der Waals surface area contributed by atoms with Crippen LogP contribution in [0, 0.1) is 18.8 Å². The zero-order chi connectivity index (χ0) is 20.8. The number of esters is 1. The molecule has 0 saturated carbocycles. The van der Waals surface area contributed by atoms with Gasteiger partial charge in [-0.2, -0.15) is 0 Å². The van der Waals surface area contributed by atoms with E-state index >= 15 is 0 Å². The van der Waals surface area contributed by atoms with Crippen LogP contribution in [-0.4, -0.2) is 48.6 Å². The largest absolute Gasteiger partial charge is 0.497 e. The van der Waals surface area contributed by atoms with Crippen LogP contribution in [0.3, 0.4) is 0 Å². The van der Waals surface area contributed by atoms with Crippen LogP contribution in [0.2, 0.25) is 0 Å². The molecular formula is C22H30N2O4. The lowest BCUT2D eigenvalue weighted by Gasteiger charge is -2.26. The number of ether oxygens (including phenoxy) is 2. The Morgan fingerprint density at radius 2 is 1.71 bits per heavy atom. The molecule has 1 heterocycles. The highest BCUT2D eigenvalue weighted by Gasteiger charge is 2.20. The standard InChI is InChI=1S/C22H30N2O4/c1-14(2)11-24(12-15(3)4)21(25)13-28-22(26)19-10-17-9-18(27-6)7-8-20(17)23-16(19)5/h7-10,14-15H,11-13H2,1-6H3. The fourth-order valence-electron chi connectivity index (χ4n) is 3.04. The Bertz CT molecular complexity index is 836. The van der Waals surface area contributed by atoms with Gasteiger partial charge in [0.1, 0.15) is 5.75 Å². The van der Waals surface area contributed by atoms with E-state index < -0.39 is 5.97 Å². The molecule has 2 rings (SSSR count). The zero-order valence-corrected chi connectivity index (χ0v) is 17.6. The molecular weight excluding hydrogens is 356 g/mol. The van der Waals surface area contributed by atoms with Crippen LogP contribution < -0.4 is 4.74 Å². The van der Waals surface area contributed by atoms with E-state index in [0.717, 1.165) is 10.9 Å². The van der Waals surface area contributed by atoms with Crippen molar-refractivity contribution in [3.8, 4) is 5.75 Å². The number of rotatable bonds is 8. The lowest BCUT2D eigenvalue weighted by Crippen LogP contribution is -2.39. The molecule has 2 aromatic rings. The Kier molecular flexibility index (Phi) is 7.38. The summed E-state index contributed by atoms with van der Waals surface area (Å²) in [7, 11) is 1.59. The number of carbonyl (C=O) groups is 2. The van der Waals surface area contributed by atoms with Crippen LogP contribution >= 0.6 is 0 Å². The van der Waals surface area contributed by atoms with Crippen molar-refractivity contribution in [1.82, 2.24) is 9.88 Å². The summed E-state index contributed by atoms with van der Waals surface area (Å²) in [5.41, 5.74) is 1.69. The van der Waals surface area contributed by atoms with Gasteiger partial charge in [-0.25, -0.2) is 4.79 Å². The highest BCUT2D eigenvalue weighted by molar-refractivity contribution is 5.96. The highest BCUT2D eigenvalue weighted by atomic mass is 16.5. The molecule has 1 aromatic heterocycles. The van der Waals surface area contributed by atoms with Crippen molar-refractivity contribution in [1.29, 1.82) is 0 Å². The van der Waals surface area contributed by atoms with Gasteiger partial charge < -0.3 is 14.4 Å². The van der Waals surface area contributed by atoms with Gasteiger partial charge in [0.25, 0.3) is 5.91 Å². The third-order valence-corrected chi connectivity index (χ3v) is 4.28. The average Bonchev–Trinajstić information content (AvgIpc) is 2.63. The molecule has 0 aliphatic carbocycles. The molecule has 6 heteroatoms. The monoisotopic (exact) mass is 386 g/mol. The van der Waals surface area contributed by atoms with Crippen LogP contribution in [0.15, 0.2) is 24.3 Å². The zero-order valence-electron chi connectivity index (χ0n) is 17.6. The third-order valence-electron chi connectivity index (χ3n) is 4.28. The maximum absolute atomic E-state index is 12.6. The molecule has 0 spiro atoms. The summed E-state index contributed by atoms with van der Waals surface area (Å²) < 4.78 is 10.5. The van der Waals surface area contributed by atoms with Crippen LogP contribution in [0.4, 0.5) is 0 Å². The van der Waals surface area contributed by atoms with E-state index in [1.807, 2.05) is 18.2 Å². The van der Waals surface area contributed by atoms with E-state index in [-0.39, 0.29) is 12.5 Å². The van der Waals surface area contributed by atoms with Gasteiger partial charge in [-0.05, 0) is 43.0 Å².